The first-order chi connectivity index (χ1) is 7.31. The number of ether oxygens (including phenoxy) is 1. The number of esters is 1. The van der Waals surface area contributed by atoms with Gasteiger partial charge in [0.2, 0.25) is 5.82 Å². The van der Waals surface area contributed by atoms with Gasteiger partial charge in [-0.1, -0.05) is 5.16 Å². The minimum Gasteiger partial charge on any atom is -0.462 e. The Morgan fingerprint density at radius 2 is 2.40 bits per heavy atom. The number of carbonyl (C=O) groups is 1. The molecule has 7 nitrogen and oxygen atoms in total. The van der Waals surface area contributed by atoms with E-state index in [0.29, 0.717) is 5.69 Å². The van der Waals surface area contributed by atoms with Gasteiger partial charge in [-0.2, -0.15) is 10.1 Å². The third-order valence-electron chi connectivity index (χ3n) is 1.59. The third kappa shape index (κ3) is 1.80. The first-order valence-corrected chi connectivity index (χ1v) is 4.01. The molecule has 0 amide bonds. The monoisotopic (exact) mass is 206 g/mol. The van der Waals surface area contributed by atoms with Crippen LogP contribution in [0.25, 0.3) is 11.5 Å². The number of methoxy groups -OCH3 is 1. The van der Waals surface area contributed by atoms with Crippen LogP contribution in [-0.2, 0) is 4.74 Å². The molecule has 0 atom stereocenters. The Balaban J connectivity index is 2.32. The normalized spacial score (nSPS) is 9.93. The Morgan fingerprint density at radius 3 is 3.07 bits per heavy atom. The van der Waals surface area contributed by atoms with Crippen LogP contribution < -0.4 is 0 Å². The van der Waals surface area contributed by atoms with Gasteiger partial charge < -0.3 is 9.26 Å². The molecule has 7 heteroatoms. The second-order valence-electron chi connectivity index (χ2n) is 2.52. The summed E-state index contributed by atoms with van der Waals surface area (Å²) in [6, 6.07) is 3.33. The Kier molecular flexibility index (Phi) is 2.36. The summed E-state index contributed by atoms with van der Waals surface area (Å²) in [5, 5.41) is 11.0. The van der Waals surface area contributed by atoms with Gasteiger partial charge in [-0.25, -0.2) is 4.79 Å². The molecule has 2 heterocycles. The smallest absolute Gasteiger partial charge is 0.397 e. The van der Waals surface area contributed by atoms with E-state index >= 15 is 0 Å². The summed E-state index contributed by atoms with van der Waals surface area (Å²) in [5.74, 6) is -0.695. The van der Waals surface area contributed by atoms with E-state index in [1.807, 2.05) is 0 Å². The summed E-state index contributed by atoms with van der Waals surface area (Å²) in [5.41, 5.74) is 0.427. The molecule has 0 spiro atoms. The van der Waals surface area contributed by atoms with E-state index in [4.69, 9.17) is 0 Å². The van der Waals surface area contributed by atoms with Crippen molar-refractivity contribution in [1.29, 1.82) is 0 Å². The zero-order valence-electron chi connectivity index (χ0n) is 7.75. The molecular weight excluding hydrogens is 200 g/mol. The van der Waals surface area contributed by atoms with Gasteiger partial charge in [0.15, 0.2) is 0 Å². The van der Waals surface area contributed by atoms with Gasteiger partial charge in [-0.15, -0.1) is 5.10 Å². The number of carbonyl (C=O) groups excluding carboxylic acids is 1. The van der Waals surface area contributed by atoms with E-state index in [0.717, 1.165) is 0 Å². The standard InChI is InChI=1S/C8H6N4O3/c1-14-8(13)7-10-6(12-15-7)5-3-2-4-9-11-5/h2-4H,1H3. The molecule has 0 unspecified atom stereocenters. The molecule has 76 valence electrons. The van der Waals surface area contributed by atoms with E-state index in [-0.39, 0.29) is 11.7 Å². The molecule has 0 aliphatic carbocycles. The summed E-state index contributed by atoms with van der Waals surface area (Å²) in [6.07, 6.45) is 1.52. The molecule has 2 rings (SSSR count). The predicted octanol–water partition coefficient (Wildman–Crippen LogP) is 0.313. The number of hydrogen-bond donors (Lipinski definition) is 0. The topological polar surface area (TPSA) is 91.0 Å². The third-order valence-corrected chi connectivity index (χ3v) is 1.59. The van der Waals surface area contributed by atoms with Crippen molar-refractivity contribution in [2.45, 2.75) is 0 Å². The van der Waals surface area contributed by atoms with Gasteiger partial charge >= 0.3 is 11.9 Å². The summed E-state index contributed by atoms with van der Waals surface area (Å²) < 4.78 is 9.08. The van der Waals surface area contributed by atoms with Crippen molar-refractivity contribution in [1.82, 2.24) is 20.3 Å². The fraction of sp³-hybridized carbons (Fsp3) is 0.125. The van der Waals surface area contributed by atoms with E-state index < -0.39 is 5.97 Å². The van der Waals surface area contributed by atoms with Crippen molar-refractivity contribution in [3.63, 3.8) is 0 Å². The zero-order chi connectivity index (χ0) is 10.7. The average Bonchev–Trinajstić information content (AvgIpc) is 2.78. The van der Waals surface area contributed by atoms with Crippen LogP contribution in [0, 0.1) is 0 Å². The first kappa shape index (κ1) is 9.25. The first-order valence-electron chi connectivity index (χ1n) is 4.01. The van der Waals surface area contributed by atoms with Crippen LogP contribution in [0.5, 0.6) is 0 Å². The lowest BCUT2D eigenvalue weighted by atomic mass is 10.4. The lowest BCUT2D eigenvalue weighted by Gasteiger charge is -1.89. The highest BCUT2D eigenvalue weighted by atomic mass is 16.6. The van der Waals surface area contributed by atoms with E-state index in [9.17, 15) is 4.79 Å². The van der Waals surface area contributed by atoms with Crippen LogP contribution in [0.4, 0.5) is 0 Å². The van der Waals surface area contributed by atoms with Gasteiger partial charge in [0.25, 0.3) is 0 Å². The molecule has 0 saturated carbocycles. The largest absolute Gasteiger partial charge is 0.462 e. The molecule has 0 aliphatic heterocycles. The molecule has 2 aromatic rings. The lowest BCUT2D eigenvalue weighted by Crippen LogP contribution is -2.01. The quantitative estimate of drug-likeness (QED) is 0.653. The summed E-state index contributed by atoms with van der Waals surface area (Å²) in [4.78, 5) is 14.8. The molecule has 0 bridgehead atoms. The van der Waals surface area contributed by atoms with E-state index in [1.165, 1.54) is 13.3 Å². The maximum Gasteiger partial charge on any atom is 0.397 e. The summed E-state index contributed by atoms with van der Waals surface area (Å²) in [6.45, 7) is 0. The molecule has 0 aromatic carbocycles. The Hall–Kier alpha value is -2.31. The van der Waals surface area contributed by atoms with Gasteiger partial charge in [-0.3, -0.25) is 0 Å². The van der Waals surface area contributed by atoms with Crippen LogP contribution >= 0.6 is 0 Å². The molecule has 0 aliphatic rings. The van der Waals surface area contributed by atoms with Gasteiger partial charge in [0, 0.05) is 6.20 Å². The van der Waals surface area contributed by atoms with Gasteiger partial charge in [-0.05, 0) is 12.1 Å². The maximum absolute atomic E-state index is 11.0. The molecule has 0 N–H and O–H groups in total. The Labute approximate surface area is 84.1 Å². The zero-order valence-corrected chi connectivity index (χ0v) is 7.75. The minimum atomic E-state index is -0.683. The highest BCUT2D eigenvalue weighted by molar-refractivity contribution is 5.84. The summed E-state index contributed by atoms with van der Waals surface area (Å²) in [7, 11) is 1.23. The van der Waals surface area contributed by atoms with Crippen molar-refractivity contribution < 1.29 is 14.1 Å². The second-order valence-corrected chi connectivity index (χ2v) is 2.52. The second kappa shape index (κ2) is 3.82. The SMILES string of the molecule is COC(=O)c1nc(-c2cccnn2)no1. The molecule has 0 saturated heterocycles. The van der Waals surface area contributed by atoms with Crippen molar-refractivity contribution in [2.24, 2.45) is 0 Å². The number of nitrogens with zero attached hydrogens (tertiary/aromatic N) is 4. The van der Waals surface area contributed by atoms with Crippen molar-refractivity contribution >= 4 is 5.97 Å². The predicted molar refractivity (Wildman–Crippen MR) is 46.7 cm³/mol. The van der Waals surface area contributed by atoms with Crippen LogP contribution in [0.1, 0.15) is 10.7 Å². The fourth-order valence-corrected chi connectivity index (χ4v) is 0.919. The van der Waals surface area contributed by atoms with E-state index in [1.54, 1.807) is 12.1 Å². The molecule has 0 fully saturated rings. The van der Waals surface area contributed by atoms with Crippen LogP contribution in [0.2, 0.25) is 0 Å². The van der Waals surface area contributed by atoms with Crippen LogP contribution in [-0.4, -0.2) is 33.4 Å². The number of rotatable bonds is 2. The number of aromatic nitrogens is 4. The molecular formula is C8H6N4O3. The number of hydrogen-bond acceptors (Lipinski definition) is 7. The Bertz CT molecular complexity index is 468. The van der Waals surface area contributed by atoms with Gasteiger partial charge in [0.05, 0.1) is 7.11 Å². The van der Waals surface area contributed by atoms with Crippen molar-refractivity contribution in [2.75, 3.05) is 7.11 Å². The summed E-state index contributed by atoms with van der Waals surface area (Å²) >= 11 is 0. The molecule has 0 radical (unpaired) electrons. The highest BCUT2D eigenvalue weighted by Gasteiger charge is 2.16. The molecule has 15 heavy (non-hydrogen) atoms. The fourth-order valence-electron chi connectivity index (χ4n) is 0.919. The average molecular weight is 206 g/mol. The maximum atomic E-state index is 11.0. The van der Waals surface area contributed by atoms with Gasteiger partial charge in [0.1, 0.15) is 5.69 Å². The van der Waals surface area contributed by atoms with Crippen LogP contribution in [0.3, 0.4) is 0 Å². The minimum absolute atomic E-state index is 0.198. The highest BCUT2D eigenvalue weighted by Crippen LogP contribution is 2.11. The van der Waals surface area contributed by atoms with Crippen molar-refractivity contribution in [3.05, 3.63) is 24.2 Å². The van der Waals surface area contributed by atoms with Crippen molar-refractivity contribution in [3.8, 4) is 11.5 Å². The molecule has 2 aromatic heterocycles. The Morgan fingerprint density at radius 1 is 1.53 bits per heavy atom. The van der Waals surface area contributed by atoms with E-state index in [2.05, 4.69) is 29.6 Å². The lowest BCUT2D eigenvalue weighted by molar-refractivity contribution is 0.0545. The van der Waals surface area contributed by atoms with Crippen LogP contribution in [0.15, 0.2) is 22.9 Å².